The third kappa shape index (κ3) is 4.91. The minimum atomic E-state index is -4.10. The highest BCUT2D eigenvalue weighted by Gasteiger charge is 2.21. The zero-order valence-electron chi connectivity index (χ0n) is 16.9. The molecule has 0 bridgehead atoms. The van der Waals surface area contributed by atoms with Gasteiger partial charge in [-0.25, -0.2) is 13.6 Å². The van der Waals surface area contributed by atoms with E-state index >= 15 is 0 Å². The van der Waals surface area contributed by atoms with Gasteiger partial charge in [-0.3, -0.25) is 14.3 Å². The van der Waals surface area contributed by atoms with Crippen LogP contribution in [0.4, 0.5) is 5.69 Å². The third-order valence-electron chi connectivity index (χ3n) is 5.04. The molecule has 12 heteroatoms. The Bertz CT molecular complexity index is 1310. The van der Waals surface area contributed by atoms with E-state index in [4.69, 9.17) is 16.7 Å². The summed E-state index contributed by atoms with van der Waals surface area (Å²) in [5.74, 6) is -0.446. The number of aromatic nitrogens is 2. The number of amides is 2. The molecule has 10 nitrogen and oxygen atoms in total. The summed E-state index contributed by atoms with van der Waals surface area (Å²) in [6, 6.07) is 9.82. The van der Waals surface area contributed by atoms with Gasteiger partial charge in [-0.1, -0.05) is 29.8 Å². The molecule has 1 saturated heterocycles. The number of nitrogens with one attached hydrogen (secondary N) is 2. The van der Waals surface area contributed by atoms with Crippen LogP contribution in [-0.2, 0) is 32.7 Å². The van der Waals surface area contributed by atoms with Crippen molar-refractivity contribution in [3.63, 3.8) is 0 Å². The number of hydrogen-bond acceptors (Lipinski definition) is 6. The normalized spacial score (nSPS) is 14.7. The van der Waals surface area contributed by atoms with Crippen molar-refractivity contribution in [2.45, 2.75) is 18.0 Å². The fraction of sp³-hybridized carbons (Fsp3) is 0.250. The predicted molar refractivity (Wildman–Crippen MR) is 119 cm³/mol. The van der Waals surface area contributed by atoms with Gasteiger partial charge in [-0.05, 0) is 23.8 Å². The summed E-state index contributed by atoms with van der Waals surface area (Å²) in [6.07, 6.45) is 1.54. The molecule has 0 unspecified atom stereocenters. The molecule has 1 fully saturated rings. The lowest BCUT2D eigenvalue weighted by Crippen LogP contribution is -2.48. The number of hydrogen-bond donors (Lipinski definition) is 3. The monoisotopic (exact) mass is 476 g/mol. The number of primary sulfonamides is 1. The summed E-state index contributed by atoms with van der Waals surface area (Å²) in [4.78, 5) is 26.0. The number of halogens is 1. The van der Waals surface area contributed by atoms with E-state index in [-0.39, 0.29) is 42.0 Å². The van der Waals surface area contributed by atoms with Crippen molar-refractivity contribution in [2.24, 2.45) is 5.14 Å². The first-order chi connectivity index (χ1) is 15.2. The Hall–Kier alpha value is -2.99. The van der Waals surface area contributed by atoms with Gasteiger partial charge in [0.1, 0.15) is 6.67 Å². The molecule has 1 aliphatic heterocycles. The Labute approximate surface area is 189 Å². The molecule has 1 aromatic heterocycles. The second-order valence-corrected chi connectivity index (χ2v) is 9.35. The van der Waals surface area contributed by atoms with Crippen molar-refractivity contribution < 1.29 is 18.0 Å². The summed E-state index contributed by atoms with van der Waals surface area (Å²) >= 11 is 6.11. The topological polar surface area (TPSA) is 139 Å². The molecule has 2 aromatic carbocycles. The van der Waals surface area contributed by atoms with Crippen LogP contribution in [0.15, 0.2) is 47.5 Å². The first-order valence-electron chi connectivity index (χ1n) is 9.76. The number of rotatable bonds is 6. The van der Waals surface area contributed by atoms with Crippen molar-refractivity contribution >= 4 is 50.0 Å². The van der Waals surface area contributed by atoms with Crippen LogP contribution >= 0.6 is 11.6 Å². The van der Waals surface area contributed by atoms with Crippen LogP contribution in [0.1, 0.15) is 5.56 Å². The number of carbonyl (C=O) groups is 2. The lowest BCUT2D eigenvalue weighted by molar-refractivity contribution is -0.133. The molecule has 0 saturated carbocycles. The number of nitrogens with zero attached hydrogens (tertiary/aromatic N) is 3. The smallest absolute Gasteiger partial charge is 0.238 e. The maximum absolute atomic E-state index is 12.5. The lowest BCUT2D eigenvalue weighted by atomic mass is 10.1. The van der Waals surface area contributed by atoms with Crippen molar-refractivity contribution in [3.05, 3.63) is 53.2 Å². The second-order valence-electron chi connectivity index (χ2n) is 7.41. The summed E-state index contributed by atoms with van der Waals surface area (Å²) in [7, 11) is -4.10. The Morgan fingerprint density at radius 2 is 2.06 bits per heavy atom. The molecular weight excluding hydrogens is 456 g/mol. The van der Waals surface area contributed by atoms with Crippen molar-refractivity contribution in [2.75, 3.05) is 25.0 Å². The molecule has 2 amide bonds. The highest BCUT2D eigenvalue weighted by Crippen LogP contribution is 2.27. The van der Waals surface area contributed by atoms with Crippen LogP contribution in [0.3, 0.4) is 0 Å². The van der Waals surface area contributed by atoms with E-state index in [9.17, 15) is 18.0 Å². The Morgan fingerprint density at radius 1 is 1.28 bits per heavy atom. The Balaban J connectivity index is 1.63. The molecule has 0 radical (unpaired) electrons. The standard InChI is InChI=1S/C20H21ClN6O4S/c21-16-4-2-1-3-13(16)7-19(28)24-14-8-17-15(18(9-14)32(22,30)31)11-27(25-17)12-26-6-5-23-10-20(26)29/h1-4,8-9,11,23H,5-7,10,12H2,(H,24,28)(H2,22,30,31). The molecule has 1 aliphatic rings. The van der Waals surface area contributed by atoms with E-state index in [0.717, 1.165) is 0 Å². The Kier molecular flexibility index (Phi) is 6.15. The van der Waals surface area contributed by atoms with Crippen LogP contribution < -0.4 is 15.8 Å². The minimum absolute atomic E-state index is 0.0158. The van der Waals surface area contributed by atoms with Gasteiger partial charge < -0.3 is 15.5 Å². The number of nitrogens with two attached hydrogens (primary N) is 1. The molecule has 168 valence electrons. The van der Waals surface area contributed by atoms with E-state index in [1.54, 1.807) is 35.2 Å². The van der Waals surface area contributed by atoms with E-state index in [0.29, 0.717) is 34.6 Å². The molecule has 3 aromatic rings. The van der Waals surface area contributed by atoms with Crippen molar-refractivity contribution in [3.8, 4) is 0 Å². The average molecular weight is 477 g/mol. The zero-order valence-corrected chi connectivity index (χ0v) is 18.5. The highest BCUT2D eigenvalue weighted by atomic mass is 35.5. The first-order valence-corrected chi connectivity index (χ1v) is 11.7. The van der Waals surface area contributed by atoms with Crippen LogP contribution in [-0.4, -0.2) is 54.5 Å². The number of carbonyl (C=O) groups excluding carboxylic acids is 2. The number of sulfonamides is 1. The SMILES string of the molecule is NS(=O)(=O)c1cc(NC(=O)Cc2ccccc2Cl)cc2nn(CN3CCNCC3=O)cc12. The fourth-order valence-corrected chi connectivity index (χ4v) is 4.47. The van der Waals surface area contributed by atoms with Gasteiger partial charge in [0.2, 0.25) is 21.8 Å². The summed E-state index contributed by atoms with van der Waals surface area (Å²) in [5, 5.41) is 16.2. The Morgan fingerprint density at radius 3 is 2.78 bits per heavy atom. The zero-order chi connectivity index (χ0) is 22.9. The first kappa shape index (κ1) is 22.2. The molecular formula is C20H21ClN6O4S. The summed E-state index contributed by atoms with van der Waals surface area (Å²) in [5.41, 5.74) is 1.21. The molecule has 2 heterocycles. The summed E-state index contributed by atoms with van der Waals surface area (Å²) < 4.78 is 25.9. The number of anilines is 1. The molecule has 0 spiro atoms. The van der Waals surface area contributed by atoms with Crippen LogP contribution in [0.2, 0.25) is 5.02 Å². The van der Waals surface area contributed by atoms with E-state index in [1.807, 2.05) is 0 Å². The lowest BCUT2D eigenvalue weighted by Gasteiger charge is -2.27. The van der Waals surface area contributed by atoms with Crippen molar-refractivity contribution in [1.29, 1.82) is 0 Å². The van der Waals surface area contributed by atoms with Crippen molar-refractivity contribution in [1.82, 2.24) is 20.0 Å². The van der Waals surface area contributed by atoms with Crippen LogP contribution in [0, 0.1) is 0 Å². The van der Waals surface area contributed by atoms with Gasteiger partial charge in [-0.15, -0.1) is 0 Å². The molecule has 0 atom stereocenters. The van der Waals surface area contributed by atoms with Crippen LogP contribution in [0.5, 0.6) is 0 Å². The predicted octanol–water partition coefficient (Wildman–Crippen LogP) is 0.908. The number of fused-ring (bicyclic) bond motifs is 1. The largest absolute Gasteiger partial charge is 0.326 e. The molecule has 4 rings (SSSR count). The number of benzene rings is 2. The average Bonchev–Trinajstić information content (AvgIpc) is 3.12. The van der Waals surface area contributed by atoms with Gasteiger partial charge in [0.25, 0.3) is 0 Å². The quantitative estimate of drug-likeness (QED) is 0.483. The molecule has 4 N–H and O–H groups in total. The fourth-order valence-electron chi connectivity index (χ4n) is 3.51. The minimum Gasteiger partial charge on any atom is -0.326 e. The van der Waals surface area contributed by atoms with Crippen LogP contribution in [0.25, 0.3) is 10.9 Å². The molecule has 32 heavy (non-hydrogen) atoms. The van der Waals surface area contributed by atoms with Gasteiger partial charge in [0.05, 0.1) is 23.4 Å². The summed E-state index contributed by atoms with van der Waals surface area (Å²) in [6.45, 7) is 1.59. The van der Waals surface area contributed by atoms with Gasteiger partial charge in [-0.2, -0.15) is 5.10 Å². The van der Waals surface area contributed by atoms with E-state index in [2.05, 4.69) is 15.7 Å². The second kappa shape index (κ2) is 8.87. The third-order valence-corrected chi connectivity index (χ3v) is 6.36. The highest BCUT2D eigenvalue weighted by molar-refractivity contribution is 7.89. The number of piperazine rings is 1. The van der Waals surface area contributed by atoms with Gasteiger partial charge in [0, 0.05) is 35.4 Å². The van der Waals surface area contributed by atoms with Gasteiger partial charge in [0.15, 0.2) is 0 Å². The molecule has 0 aliphatic carbocycles. The van der Waals surface area contributed by atoms with E-state index in [1.165, 1.54) is 16.9 Å². The van der Waals surface area contributed by atoms with E-state index < -0.39 is 10.0 Å². The maximum atomic E-state index is 12.5. The maximum Gasteiger partial charge on any atom is 0.238 e. The van der Waals surface area contributed by atoms with Gasteiger partial charge >= 0.3 is 0 Å².